The van der Waals surface area contributed by atoms with Gasteiger partial charge in [-0.3, -0.25) is 53.1 Å². The Hall–Kier alpha value is -6.92. The molecule has 9 atom stereocenters. The highest BCUT2D eigenvalue weighted by molar-refractivity contribution is 5.98. The Labute approximate surface area is 418 Å². The Kier molecular flexibility index (Phi) is 32.6. The molecule has 72 heavy (non-hydrogen) atoms. The van der Waals surface area contributed by atoms with Gasteiger partial charge in [0.1, 0.15) is 42.3 Å². The molecule has 30 nitrogen and oxygen atoms in total. The number of aliphatic hydroxyl groups is 1. The van der Waals surface area contributed by atoms with Gasteiger partial charge in [0.05, 0.1) is 25.6 Å². The lowest BCUT2D eigenvalue weighted by molar-refractivity contribution is -0.142. The summed E-state index contributed by atoms with van der Waals surface area (Å²) in [4.78, 5) is 139. The summed E-state index contributed by atoms with van der Waals surface area (Å²) in [6, 6.07) is -11.0. The number of carbonyl (C=O) groups is 10. The first-order valence-corrected chi connectivity index (χ1v) is 23.7. The zero-order chi connectivity index (χ0) is 54.9. The molecule has 0 heterocycles. The van der Waals surface area contributed by atoms with Gasteiger partial charge in [-0.05, 0) is 90.1 Å². The number of amides is 9. The second kappa shape index (κ2) is 36.1. The molecule has 0 aromatic carbocycles. The van der Waals surface area contributed by atoms with E-state index in [9.17, 15) is 58.2 Å². The van der Waals surface area contributed by atoms with E-state index >= 15 is 0 Å². The van der Waals surface area contributed by atoms with Crippen LogP contribution in [-0.4, -0.2) is 169 Å². The fourth-order valence-electron chi connectivity index (χ4n) is 6.53. The smallest absolute Gasteiger partial charge is 0.326 e. The van der Waals surface area contributed by atoms with E-state index in [1.165, 1.54) is 6.92 Å². The normalized spacial score (nSPS) is 14.6. The van der Waals surface area contributed by atoms with E-state index in [1.807, 2.05) is 0 Å². The first-order chi connectivity index (χ1) is 33.9. The summed E-state index contributed by atoms with van der Waals surface area (Å²) in [7, 11) is 0. The molecule has 9 amide bonds. The monoisotopic (exact) mass is 1030 g/mol. The molecule has 0 aliphatic carbocycles. The SMILES string of the molecule is CC[C@H](C)[C@H](NC(=O)[C@H](CO)NC(=O)[C@H](CCCCN)NC(=O)CNC(=O)[C@H](CCCN=C(N)N)NC(=O)[C@H](C)N)C(=O)N[C@@H](CCCCN)C(=O)N[C@@H](CC(N)=O)C(=O)N[C@@H](CCCN=C(N)N)C(=O)O. The third-order valence-corrected chi connectivity index (χ3v) is 10.8. The largest absolute Gasteiger partial charge is 0.480 e. The Morgan fingerprint density at radius 2 is 0.931 bits per heavy atom. The van der Waals surface area contributed by atoms with Crippen molar-refractivity contribution in [1.82, 2.24) is 42.5 Å². The van der Waals surface area contributed by atoms with E-state index in [-0.39, 0.29) is 83.0 Å². The Balaban J connectivity index is 6.27. The van der Waals surface area contributed by atoms with Crippen molar-refractivity contribution in [3.8, 4) is 0 Å². The van der Waals surface area contributed by atoms with Crippen LogP contribution in [0.15, 0.2) is 9.98 Å². The molecule has 26 N–H and O–H groups in total. The summed E-state index contributed by atoms with van der Waals surface area (Å²) in [5.41, 5.74) is 43.6. The number of carbonyl (C=O) groups excluding carboxylic acids is 9. The number of aliphatic imine (C=N–C) groups is 2. The maximum atomic E-state index is 14.0. The predicted octanol–water partition coefficient (Wildman–Crippen LogP) is -7.79. The van der Waals surface area contributed by atoms with Crippen LogP contribution in [0.25, 0.3) is 0 Å². The number of carboxylic acid groups (broad SMARTS) is 1. The summed E-state index contributed by atoms with van der Waals surface area (Å²) in [6.45, 7) is 3.74. The summed E-state index contributed by atoms with van der Waals surface area (Å²) in [5.74, 6) is -10.6. The lowest BCUT2D eigenvalue weighted by Gasteiger charge is -2.29. The highest BCUT2D eigenvalue weighted by atomic mass is 16.4. The molecule has 0 aliphatic rings. The Morgan fingerprint density at radius 3 is 1.39 bits per heavy atom. The van der Waals surface area contributed by atoms with Gasteiger partial charge in [0, 0.05) is 13.1 Å². The van der Waals surface area contributed by atoms with Crippen molar-refractivity contribution in [1.29, 1.82) is 0 Å². The van der Waals surface area contributed by atoms with E-state index in [2.05, 4.69) is 52.5 Å². The van der Waals surface area contributed by atoms with Crippen molar-refractivity contribution in [2.24, 2.45) is 61.8 Å². The third-order valence-electron chi connectivity index (χ3n) is 10.8. The van der Waals surface area contributed by atoms with Crippen molar-refractivity contribution >= 4 is 71.1 Å². The standard InChI is InChI=1S/C42H80N18O12/c1-4-22(2)32(39(70)56-26(12-6-8-16-44)36(67)58-28(19-30(46)62)37(68)57-27(40(71)72)14-10-18-52-42(49)50)60-38(69)29(21-61)59-35(66)25(11-5-7-15-43)54-31(63)20-53-34(65)24(55-33(64)23(3)45)13-9-17-51-41(47)48/h22-29,32,61H,4-21,43-45H2,1-3H3,(H2,46,62)(H,53,65)(H,54,63)(H,55,64)(H,56,70)(H,57,68)(H,58,67)(H,59,66)(H,60,69)(H,71,72)(H4,47,48,51)(H4,49,50,52)/t22-,23-,24-,25-,26-,27-,28-,29-,32-/m0/s1. The first-order valence-electron chi connectivity index (χ1n) is 23.7. The van der Waals surface area contributed by atoms with Crippen LogP contribution in [0.4, 0.5) is 0 Å². The number of nitrogens with one attached hydrogen (secondary N) is 8. The summed E-state index contributed by atoms with van der Waals surface area (Å²) >= 11 is 0. The minimum Gasteiger partial charge on any atom is -0.480 e. The molecule has 0 rings (SSSR count). The molecule has 0 unspecified atom stereocenters. The number of rotatable bonds is 38. The minimum atomic E-state index is -1.68. The van der Waals surface area contributed by atoms with Crippen LogP contribution in [0.5, 0.6) is 0 Å². The van der Waals surface area contributed by atoms with Gasteiger partial charge in [0.2, 0.25) is 53.2 Å². The van der Waals surface area contributed by atoms with Gasteiger partial charge in [-0.25, -0.2) is 4.79 Å². The van der Waals surface area contributed by atoms with Crippen LogP contribution in [-0.2, 0) is 47.9 Å². The van der Waals surface area contributed by atoms with Crippen molar-refractivity contribution in [3.63, 3.8) is 0 Å². The number of carboxylic acids is 1. The van der Waals surface area contributed by atoms with Crippen LogP contribution in [0.1, 0.15) is 97.8 Å². The highest BCUT2D eigenvalue weighted by Gasteiger charge is 2.35. The lowest BCUT2D eigenvalue weighted by atomic mass is 9.97. The van der Waals surface area contributed by atoms with Gasteiger partial charge in [-0.2, -0.15) is 0 Å². The second-order valence-electron chi connectivity index (χ2n) is 17.0. The lowest BCUT2D eigenvalue weighted by Crippen LogP contribution is -2.61. The van der Waals surface area contributed by atoms with E-state index in [1.54, 1.807) is 13.8 Å². The third kappa shape index (κ3) is 27.5. The molecule has 0 aromatic rings. The number of unbranched alkanes of at least 4 members (excludes halogenated alkanes) is 2. The van der Waals surface area contributed by atoms with Crippen LogP contribution in [0.2, 0.25) is 0 Å². The topological polar surface area (TPSA) is 540 Å². The summed E-state index contributed by atoms with van der Waals surface area (Å²) in [6.07, 6.45) is 1.29. The minimum absolute atomic E-state index is 0.00858. The molecule has 0 spiro atoms. The molecular formula is C42H80N18O12. The zero-order valence-electron chi connectivity index (χ0n) is 41.4. The zero-order valence-corrected chi connectivity index (χ0v) is 41.4. The average molecular weight is 1030 g/mol. The molecule has 0 aliphatic heterocycles. The van der Waals surface area contributed by atoms with Crippen LogP contribution >= 0.6 is 0 Å². The van der Waals surface area contributed by atoms with Crippen molar-refractivity contribution in [2.45, 2.75) is 146 Å². The van der Waals surface area contributed by atoms with Crippen molar-refractivity contribution in [3.05, 3.63) is 0 Å². The van der Waals surface area contributed by atoms with Gasteiger partial charge in [-0.1, -0.05) is 20.3 Å². The second-order valence-corrected chi connectivity index (χ2v) is 17.0. The van der Waals surface area contributed by atoms with Crippen LogP contribution < -0.4 is 88.4 Å². The number of hydrogen-bond donors (Lipinski definition) is 18. The molecule has 0 saturated carbocycles. The Bertz CT molecular complexity index is 1850. The average Bonchev–Trinajstić information content (AvgIpc) is 3.31. The molecule has 30 heteroatoms. The molecule has 0 aromatic heterocycles. The molecular weight excluding hydrogens is 949 g/mol. The Morgan fingerprint density at radius 1 is 0.514 bits per heavy atom. The van der Waals surface area contributed by atoms with Gasteiger partial charge in [0.25, 0.3) is 0 Å². The van der Waals surface area contributed by atoms with Crippen LogP contribution in [0.3, 0.4) is 0 Å². The number of nitrogens with two attached hydrogens (primary N) is 8. The van der Waals surface area contributed by atoms with E-state index in [4.69, 9.17) is 45.9 Å². The van der Waals surface area contributed by atoms with E-state index < -0.39 is 133 Å². The summed E-state index contributed by atoms with van der Waals surface area (Å²) < 4.78 is 0. The van der Waals surface area contributed by atoms with Gasteiger partial charge in [-0.15, -0.1) is 0 Å². The van der Waals surface area contributed by atoms with Gasteiger partial charge >= 0.3 is 5.97 Å². The maximum absolute atomic E-state index is 14.0. The molecule has 0 saturated heterocycles. The van der Waals surface area contributed by atoms with Crippen LogP contribution in [0, 0.1) is 5.92 Å². The van der Waals surface area contributed by atoms with Gasteiger partial charge in [0.15, 0.2) is 11.9 Å². The number of primary amides is 1. The molecule has 0 radical (unpaired) electrons. The number of hydrogen-bond acceptors (Lipinski definition) is 16. The fourth-order valence-corrected chi connectivity index (χ4v) is 6.53. The van der Waals surface area contributed by atoms with Crippen molar-refractivity contribution < 1.29 is 58.2 Å². The number of guanidine groups is 2. The highest BCUT2D eigenvalue weighted by Crippen LogP contribution is 2.12. The molecule has 0 fully saturated rings. The number of aliphatic carboxylic acids is 1. The maximum Gasteiger partial charge on any atom is 0.326 e. The first kappa shape index (κ1) is 65.1. The fraction of sp³-hybridized carbons (Fsp3) is 0.714. The molecule has 0 bridgehead atoms. The van der Waals surface area contributed by atoms with E-state index in [0.29, 0.717) is 25.7 Å². The van der Waals surface area contributed by atoms with E-state index in [0.717, 1.165) is 0 Å². The molecule has 410 valence electrons. The van der Waals surface area contributed by atoms with Crippen molar-refractivity contribution in [2.75, 3.05) is 39.3 Å². The predicted molar refractivity (Wildman–Crippen MR) is 264 cm³/mol. The van der Waals surface area contributed by atoms with Gasteiger partial charge < -0.3 is 98.6 Å². The number of aliphatic hydroxyl groups excluding tert-OH is 1. The summed E-state index contributed by atoms with van der Waals surface area (Å²) in [5, 5.41) is 39.5. The quantitative estimate of drug-likeness (QED) is 0.0155. The number of nitrogens with zero attached hydrogens (tertiary/aromatic N) is 2.